The quantitative estimate of drug-likeness (QED) is 0.707. The molecule has 0 fully saturated rings. The molecule has 29 heavy (non-hydrogen) atoms. The van der Waals surface area contributed by atoms with Crippen LogP contribution in [0.5, 0.6) is 0 Å². The van der Waals surface area contributed by atoms with Crippen LogP contribution < -0.4 is 10.5 Å². The van der Waals surface area contributed by atoms with Gasteiger partial charge < -0.3 is 5.32 Å². The van der Waals surface area contributed by atoms with Crippen LogP contribution in [0.2, 0.25) is 5.02 Å². The minimum Gasteiger partial charge on any atom is -0.343 e. The maximum absolute atomic E-state index is 13.7. The molecule has 3 rings (SSSR count). The molecule has 2 heterocycles. The predicted molar refractivity (Wildman–Crippen MR) is 105 cm³/mol. The first-order chi connectivity index (χ1) is 13.4. The minimum absolute atomic E-state index is 0.00568. The van der Waals surface area contributed by atoms with Crippen LogP contribution >= 0.6 is 11.6 Å². The Balaban J connectivity index is 2.30. The second kappa shape index (κ2) is 7.66. The summed E-state index contributed by atoms with van der Waals surface area (Å²) in [5, 5.41) is 12.4. The zero-order chi connectivity index (χ0) is 21.6. The third kappa shape index (κ3) is 4.15. The van der Waals surface area contributed by atoms with Gasteiger partial charge in [-0.3, -0.25) is 0 Å². The summed E-state index contributed by atoms with van der Waals surface area (Å²) in [4.78, 5) is -0.245. The largest absolute Gasteiger partial charge is 0.435 e. The molecular weight excluding hydrogens is 429 g/mol. The van der Waals surface area contributed by atoms with E-state index in [4.69, 9.17) is 16.7 Å². The number of fused-ring (bicyclic) bond motifs is 1. The summed E-state index contributed by atoms with van der Waals surface area (Å²) in [5.41, 5.74) is -0.466. The van der Waals surface area contributed by atoms with Crippen LogP contribution in [0.25, 0.3) is 0 Å². The summed E-state index contributed by atoms with van der Waals surface area (Å²) in [5.74, 6) is 0.121. The van der Waals surface area contributed by atoms with Gasteiger partial charge in [0, 0.05) is 16.3 Å². The number of hydrogen-bond donors (Lipinski definition) is 2. The highest BCUT2D eigenvalue weighted by atomic mass is 35.5. The first kappa shape index (κ1) is 21.7. The highest BCUT2D eigenvalue weighted by Gasteiger charge is 2.43. The van der Waals surface area contributed by atoms with Crippen molar-refractivity contribution in [2.75, 3.05) is 5.32 Å². The van der Waals surface area contributed by atoms with Crippen LogP contribution in [0.4, 0.5) is 19.0 Å². The molecule has 3 N–H and O–H groups in total. The van der Waals surface area contributed by atoms with Crippen molar-refractivity contribution in [3.05, 3.63) is 56.7 Å². The smallest absolute Gasteiger partial charge is 0.343 e. The van der Waals surface area contributed by atoms with E-state index in [1.54, 1.807) is 12.1 Å². The van der Waals surface area contributed by atoms with Crippen LogP contribution in [0.3, 0.4) is 0 Å². The number of alkyl halides is 3. The van der Waals surface area contributed by atoms with Crippen molar-refractivity contribution in [2.45, 2.75) is 45.3 Å². The molecule has 0 saturated carbocycles. The number of benzene rings is 1. The van der Waals surface area contributed by atoms with E-state index < -0.39 is 27.9 Å². The Morgan fingerprint density at radius 1 is 1.28 bits per heavy atom. The molecule has 1 unspecified atom stereocenters. The van der Waals surface area contributed by atoms with E-state index in [0.29, 0.717) is 23.4 Å². The van der Waals surface area contributed by atoms with Gasteiger partial charge in [0.15, 0.2) is 5.69 Å². The number of aromatic nitrogens is 2. The fraction of sp³-hybridized carbons (Fsp3) is 0.389. The molecule has 0 bridgehead atoms. The van der Waals surface area contributed by atoms with Crippen LogP contribution in [0.1, 0.15) is 49.6 Å². The van der Waals surface area contributed by atoms with Crippen molar-refractivity contribution < 1.29 is 21.6 Å². The van der Waals surface area contributed by atoms with Crippen molar-refractivity contribution >= 4 is 27.4 Å². The third-order valence-corrected chi connectivity index (χ3v) is 6.11. The van der Waals surface area contributed by atoms with E-state index >= 15 is 0 Å². The lowest BCUT2D eigenvalue weighted by atomic mass is 10.0. The summed E-state index contributed by atoms with van der Waals surface area (Å²) in [7, 11) is -4.24. The van der Waals surface area contributed by atoms with Crippen LogP contribution in [0.15, 0.2) is 34.9 Å². The standard InChI is InChI=1S/C18H20ClF3N4O2S/c1-3-4-5-13-16(18(20,21)22)25-26-14(11-6-8-12(19)9-7-11)15(29(23,27)28)10(2)24-17(13)26/h6-9,14,24H,3-5H2,1-2H3,(H2,23,27,28). The Morgan fingerprint density at radius 3 is 2.41 bits per heavy atom. The summed E-state index contributed by atoms with van der Waals surface area (Å²) < 4.78 is 66.8. The van der Waals surface area contributed by atoms with Gasteiger partial charge in [0.05, 0.1) is 0 Å². The van der Waals surface area contributed by atoms with Crippen molar-refractivity contribution in [3.8, 4) is 0 Å². The number of primary sulfonamides is 1. The number of nitrogens with one attached hydrogen (secondary N) is 1. The number of halogens is 4. The molecule has 0 aliphatic carbocycles. The molecule has 1 aromatic heterocycles. The molecule has 0 amide bonds. The van der Waals surface area contributed by atoms with Gasteiger partial charge in [-0.2, -0.15) is 18.3 Å². The average molecular weight is 449 g/mol. The lowest BCUT2D eigenvalue weighted by Gasteiger charge is -2.29. The van der Waals surface area contributed by atoms with Crippen LogP contribution in [-0.4, -0.2) is 18.2 Å². The van der Waals surface area contributed by atoms with Crippen molar-refractivity contribution in [1.82, 2.24) is 9.78 Å². The van der Waals surface area contributed by atoms with Crippen molar-refractivity contribution in [2.24, 2.45) is 5.14 Å². The van der Waals surface area contributed by atoms with E-state index in [1.807, 2.05) is 6.92 Å². The normalized spacial score (nSPS) is 17.3. The lowest BCUT2D eigenvalue weighted by molar-refractivity contribution is -0.142. The van der Waals surface area contributed by atoms with Gasteiger partial charge in [0.25, 0.3) is 0 Å². The number of sulfonamides is 1. The molecule has 2 aromatic rings. The number of allylic oxidation sites excluding steroid dienone is 2. The number of nitrogens with two attached hydrogens (primary N) is 1. The molecule has 1 aliphatic rings. The molecule has 0 saturated heterocycles. The van der Waals surface area contributed by atoms with Crippen LogP contribution in [0, 0.1) is 0 Å². The molecule has 11 heteroatoms. The molecule has 0 radical (unpaired) electrons. The van der Waals surface area contributed by atoms with E-state index in [-0.39, 0.29) is 28.4 Å². The first-order valence-corrected chi connectivity index (χ1v) is 10.8. The maximum Gasteiger partial charge on any atom is 0.435 e. The highest BCUT2D eigenvalue weighted by molar-refractivity contribution is 7.93. The van der Waals surface area contributed by atoms with E-state index in [9.17, 15) is 21.6 Å². The van der Waals surface area contributed by atoms with E-state index in [2.05, 4.69) is 10.4 Å². The zero-order valence-electron chi connectivity index (χ0n) is 15.7. The zero-order valence-corrected chi connectivity index (χ0v) is 17.3. The minimum atomic E-state index is -4.69. The van der Waals surface area contributed by atoms with Gasteiger partial charge in [0.2, 0.25) is 10.0 Å². The van der Waals surface area contributed by atoms with Gasteiger partial charge in [-0.15, -0.1) is 0 Å². The second-order valence-electron chi connectivity index (χ2n) is 6.83. The fourth-order valence-corrected chi connectivity index (χ4v) is 4.62. The van der Waals surface area contributed by atoms with E-state index in [1.165, 1.54) is 19.1 Å². The number of hydrogen-bond acceptors (Lipinski definition) is 4. The Bertz CT molecular complexity index is 1060. The molecule has 6 nitrogen and oxygen atoms in total. The molecule has 1 aromatic carbocycles. The van der Waals surface area contributed by atoms with Gasteiger partial charge >= 0.3 is 6.18 Å². The average Bonchev–Trinajstić information content (AvgIpc) is 2.97. The molecular formula is C18H20ClF3N4O2S. The first-order valence-electron chi connectivity index (χ1n) is 8.89. The fourth-order valence-electron chi connectivity index (χ4n) is 3.47. The van der Waals surface area contributed by atoms with Gasteiger partial charge in [0.1, 0.15) is 16.8 Å². The number of nitrogens with zero attached hydrogens (tertiary/aromatic N) is 2. The van der Waals surface area contributed by atoms with Crippen LogP contribution in [-0.2, 0) is 22.6 Å². The van der Waals surface area contributed by atoms with Gasteiger partial charge in [-0.05, 0) is 37.5 Å². The number of rotatable bonds is 5. The summed E-state index contributed by atoms with van der Waals surface area (Å²) in [6.07, 6.45) is -3.31. The van der Waals surface area contributed by atoms with Crippen molar-refractivity contribution in [1.29, 1.82) is 0 Å². The SMILES string of the molecule is CCCCc1c(C(F)(F)F)nn2c1NC(C)=C(S(N)(=O)=O)C2c1ccc(Cl)cc1. The topological polar surface area (TPSA) is 90.0 Å². The Kier molecular flexibility index (Phi) is 5.72. The summed E-state index contributed by atoms with van der Waals surface area (Å²) >= 11 is 5.91. The van der Waals surface area contributed by atoms with E-state index in [0.717, 1.165) is 4.68 Å². The predicted octanol–water partition coefficient (Wildman–Crippen LogP) is 4.43. The lowest BCUT2D eigenvalue weighted by Crippen LogP contribution is -2.31. The molecule has 1 aliphatic heterocycles. The molecule has 1 atom stereocenters. The van der Waals surface area contributed by atoms with Crippen molar-refractivity contribution in [3.63, 3.8) is 0 Å². The maximum atomic E-state index is 13.7. The van der Waals surface area contributed by atoms with Gasteiger partial charge in [-0.1, -0.05) is 37.1 Å². The summed E-state index contributed by atoms with van der Waals surface area (Å²) in [6.45, 7) is 3.34. The Labute approximate surface area is 171 Å². The number of unbranched alkanes of at least 4 members (excludes halogenated alkanes) is 1. The second-order valence-corrected chi connectivity index (χ2v) is 8.80. The monoisotopic (exact) mass is 448 g/mol. The Morgan fingerprint density at radius 2 is 1.90 bits per heavy atom. The third-order valence-electron chi connectivity index (χ3n) is 4.72. The molecule has 0 spiro atoms. The summed E-state index contributed by atoms with van der Waals surface area (Å²) in [6, 6.07) is 5.00. The van der Waals surface area contributed by atoms with Gasteiger partial charge in [-0.25, -0.2) is 18.2 Å². The highest BCUT2D eigenvalue weighted by Crippen LogP contribution is 2.43. The molecule has 158 valence electrons. The Hall–Kier alpha value is -2.04. The number of anilines is 1.